The highest BCUT2D eigenvalue weighted by molar-refractivity contribution is 5.37. The van der Waals surface area contributed by atoms with Gasteiger partial charge >= 0.3 is 0 Å². The molecule has 1 aliphatic rings. The average molecular weight is 264 g/mol. The van der Waals surface area contributed by atoms with E-state index in [2.05, 4.69) is 22.3 Å². The lowest BCUT2D eigenvalue weighted by molar-refractivity contribution is 0.184. The molecule has 1 fully saturated rings. The van der Waals surface area contributed by atoms with E-state index in [0.29, 0.717) is 6.61 Å². The molecule has 0 aromatic heterocycles. The zero-order valence-electron chi connectivity index (χ0n) is 11.9. The van der Waals surface area contributed by atoms with Crippen LogP contribution in [-0.4, -0.2) is 51.8 Å². The SMILES string of the molecule is COCc1ccc(OC)c(CCN2CCNCC2)c1. The van der Waals surface area contributed by atoms with Crippen LogP contribution in [0.2, 0.25) is 0 Å². The lowest BCUT2D eigenvalue weighted by Gasteiger charge is -2.27. The van der Waals surface area contributed by atoms with Crippen LogP contribution in [0.15, 0.2) is 18.2 Å². The van der Waals surface area contributed by atoms with Gasteiger partial charge in [-0.3, -0.25) is 0 Å². The second-order valence-corrected chi connectivity index (χ2v) is 4.92. The molecule has 1 aliphatic heterocycles. The fourth-order valence-corrected chi connectivity index (χ4v) is 2.50. The summed E-state index contributed by atoms with van der Waals surface area (Å²) in [5.74, 6) is 0.981. The largest absolute Gasteiger partial charge is 0.496 e. The van der Waals surface area contributed by atoms with E-state index in [4.69, 9.17) is 9.47 Å². The summed E-state index contributed by atoms with van der Waals surface area (Å²) in [6.07, 6.45) is 1.03. The predicted octanol–water partition coefficient (Wildman–Crippen LogP) is 1.29. The molecule has 0 atom stereocenters. The van der Waals surface area contributed by atoms with Gasteiger partial charge in [0.05, 0.1) is 13.7 Å². The molecule has 0 unspecified atom stereocenters. The first-order valence-corrected chi connectivity index (χ1v) is 6.91. The quantitative estimate of drug-likeness (QED) is 0.839. The first-order chi connectivity index (χ1) is 9.33. The molecule has 0 aliphatic carbocycles. The number of nitrogens with zero attached hydrogens (tertiary/aromatic N) is 1. The number of hydrogen-bond acceptors (Lipinski definition) is 4. The third-order valence-corrected chi connectivity index (χ3v) is 3.56. The van der Waals surface area contributed by atoms with Crippen molar-refractivity contribution in [2.75, 3.05) is 46.9 Å². The Hall–Kier alpha value is -1.10. The van der Waals surface area contributed by atoms with E-state index in [9.17, 15) is 0 Å². The van der Waals surface area contributed by atoms with Gasteiger partial charge in [-0.25, -0.2) is 0 Å². The molecule has 2 rings (SSSR count). The molecule has 4 heteroatoms. The highest BCUT2D eigenvalue weighted by Gasteiger charge is 2.11. The van der Waals surface area contributed by atoms with Gasteiger partial charge in [-0.05, 0) is 29.7 Å². The molecular weight excluding hydrogens is 240 g/mol. The van der Waals surface area contributed by atoms with Crippen molar-refractivity contribution in [3.63, 3.8) is 0 Å². The molecule has 1 aromatic rings. The topological polar surface area (TPSA) is 33.7 Å². The first-order valence-electron chi connectivity index (χ1n) is 6.91. The van der Waals surface area contributed by atoms with Gasteiger partial charge in [0, 0.05) is 39.8 Å². The molecule has 0 radical (unpaired) electrons. The lowest BCUT2D eigenvalue weighted by atomic mass is 10.1. The zero-order valence-corrected chi connectivity index (χ0v) is 11.9. The monoisotopic (exact) mass is 264 g/mol. The van der Waals surface area contributed by atoms with Crippen LogP contribution in [-0.2, 0) is 17.8 Å². The van der Waals surface area contributed by atoms with Crippen LogP contribution in [0.25, 0.3) is 0 Å². The molecule has 1 saturated heterocycles. The second kappa shape index (κ2) is 7.48. The minimum Gasteiger partial charge on any atom is -0.496 e. The van der Waals surface area contributed by atoms with Crippen molar-refractivity contribution in [2.24, 2.45) is 0 Å². The Labute approximate surface area is 115 Å². The average Bonchev–Trinajstić information content (AvgIpc) is 2.47. The summed E-state index contributed by atoms with van der Waals surface area (Å²) in [5.41, 5.74) is 2.48. The minimum atomic E-state index is 0.657. The van der Waals surface area contributed by atoms with E-state index in [1.807, 2.05) is 6.07 Å². The van der Waals surface area contributed by atoms with Crippen LogP contribution in [0.1, 0.15) is 11.1 Å². The van der Waals surface area contributed by atoms with Crippen molar-refractivity contribution in [3.05, 3.63) is 29.3 Å². The molecule has 1 N–H and O–H groups in total. The van der Waals surface area contributed by atoms with Crippen LogP contribution < -0.4 is 10.1 Å². The van der Waals surface area contributed by atoms with Gasteiger partial charge in [-0.1, -0.05) is 6.07 Å². The molecule has 1 heterocycles. The Balaban J connectivity index is 1.97. The first kappa shape index (κ1) is 14.3. The van der Waals surface area contributed by atoms with Crippen LogP contribution in [0, 0.1) is 0 Å². The molecule has 0 amide bonds. The number of hydrogen-bond donors (Lipinski definition) is 1. The minimum absolute atomic E-state index is 0.657. The van der Waals surface area contributed by atoms with Crippen molar-refractivity contribution >= 4 is 0 Å². The number of ether oxygens (including phenoxy) is 2. The van der Waals surface area contributed by atoms with Crippen molar-refractivity contribution in [2.45, 2.75) is 13.0 Å². The molecule has 0 spiro atoms. The Morgan fingerprint density at radius 3 is 2.68 bits per heavy atom. The highest BCUT2D eigenvalue weighted by Crippen LogP contribution is 2.21. The number of rotatable bonds is 6. The summed E-state index contributed by atoms with van der Waals surface area (Å²) >= 11 is 0. The smallest absolute Gasteiger partial charge is 0.122 e. The summed E-state index contributed by atoms with van der Waals surface area (Å²) in [5, 5.41) is 3.38. The number of nitrogens with one attached hydrogen (secondary N) is 1. The van der Waals surface area contributed by atoms with Crippen LogP contribution in [0.4, 0.5) is 0 Å². The van der Waals surface area contributed by atoms with Gasteiger partial charge in [0.15, 0.2) is 0 Å². The summed E-state index contributed by atoms with van der Waals surface area (Å²) in [7, 11) is 3.46. The van der Waals surface area contributed by atoms with E-state index < -0.39 is 0 Å². The highest BCUT2D eigenvalue weighted by atomic mass is 16.5. The van der Waals surface area contributed by atoms with Crippen LogP contribution in [0.5, 0.6) is 5.75 Å². The molecule has 106 valence electrons. The van der Waals surface area contributed by atoms with Gasteiger partial charge in [-0.15, -0.1) is 0 Å². The Kier molecular flexibility index (Phi) is 5.63. The third-order valence-electron chi connectivity index (χ3n) is 3.56. The molecule has 4 nitrogen and oxygen atoms in total. The van der Waals surface area contributed by atoms with Gasteiger partial charge in [0.2, 0.25) is 0 Å². The maximum atomic E-state index is 5.45. The van der Waals surface area contributed by atoms with Crippen LogP contribution in [0.3, 0.4) is 0 Å². The Bertz CT molecular complexity index is 390. The van der Waals surface area contributed by atoms with Gasteiger partial charge in [-0.2, -0.15) is 0 Å². The second-order valence-electron chi connectivity index (χ2n) is 4.92. The Morgan fingerprint density at radius 2 is 2.00 bits per heavy atom. The third kappa shape index (κ3) is 4.20. The number of piperazine rings is 1. The van der Waals surface area contributed by atoms with E-state index in [1.165, 1.54) is 11.1 Å². The van der Waals surface area contributed by atoms with Crippen LogP contribution >= 0.6 is 0 Å². The predicted molar refractivity (Wildman–Crippen MR) is 76.7 cm³/mol. The van der Waals surface area contributed by atoms with E-state index in [0.717, 1.165) is 44.9 Å². The molecular formula is C15H24N2O2. The van der Waals surface area contributed by atoms with Gasteiger partial charge < -0.3 is 19.7 Å². The van der Waals surface area contributed by atoms with Crippen molar-refractivity contribution in [1.82, 2.24) is 10.2 Å². The van der Waals surface area contributed by atoms with Crippen molar-refractivity contribution < 1.29 is 9.47 Å². The van der Waals surface area contributed by atoms with Gasteiger partial charge in [0.25, 0.3) is 0 Å². The number of benzene rings is 1. The van der Waals surface area contributed by atoms with Gasteiger partial charge in [0.1, 0.15) is 5.75 Å². The number of methoxy groups -OCH3 is 2. The summed E-state index contributed by atoms with van der Waals surface area (Å²) in [6, 6.07) is 6.31. The lowest BCUT2D eigenvalue weighted by Crippen LogP contribution is -2.44. The zero-order chi connectivity index (χ0) is 13.5. The molecule has 1 aromatic carbocycles. The summed E-state index contributed by atoms with van der Waals surface area (Å²) in [4.78, 5) is 2.50. The summed E-state index contributed by atoms with van der Waals surface area (Å²) in [6.45, 7) is 6.22. The molecule has 0 bridgehead atoms. The van der Waals surface area contributed by atoms with E-state index >= 15 is 0 Å². The Morgan fingerprint density at radius 1 is 1.21 bits per heavy atom. The van der Waals surface area contributed by atoms with E-state index in [1.54, 1.807) is 14.2 Å². The van der Waals surface area contributed by atoms with Crippen molar-refractivity contribution in [1.29, 1.82) is 0 Å². The maximum absolute atomic E-state index is 5.45. The fourth-order valence-electron chi connectivity index (χ4n) is 2.50. The standard InChI is InChI=1S/C15H24N2O2/c1-18-12-13-3-4-15(19-2)14(11-13)5-8-17-9-6-16-7-10-17/h3-4,11,16H,5-10,12H2,1-2H3. The normalized spacial score (nSPS) is 16.5. The maximum Gasteiger partial charge on any atom is 0.122 e. The van der Waals surface area contributed by atoms with E-state index in [-0.39, 0.29) is 0 Å². The van der Waals surface area contributed by atoms with Crippen molar-refractivity contribution in [3.8, 4) is 5.75 Å². The molecule has 19 heavy (non-hydrogen) atoms. The molecule has 0 saturated carbocycles. The summed E-state index contributed by atoms with van der Waals surface area (Å²) < 4.78 is 10.6. The fraction of sp³-hybridized carbons (Fsp3) is 0.600.